The second-order valence-corrected chi connectivity index (χ2v) is 5.52. The van der Waals surface area contributed by atoms with Crippen LogP contribution in [0.3, 0.4) is 0 Å². The Morgan fingerprint density at radius 2 is 1.50 bits per heavy atom. The molecule has 2 nitrogen and oxygen atoms in total. The monoisotopic (exact) mass is 228 g/mol. The summed E-state index contributed by atoms with van der Waals surface area (Å²) in [7, 11) is 0. The smallest absolute Gasteiger partial charge is 0.00385 e. The molecule has 98 valence electrons. The second kappa shape index (κ2) is 10.1. The summed E-state index contributed by atoms with van der Waals surface area (Å²) in [5.41, 5.74) is 5.49. The molecule has 16 heavy (non-hydrogen) atoms. The molecule has 0 aromatic heterocycles. The number of hydrogen-bond acceptors (Lipinski definition) is 2. The zero-order valence-electron chi connectivity index (χ0n) is 11.8. The molecule has 0 aromatic carbocycles. The first-order chi connectivity index (χ1) is 7.57. The predicted molar refractivity (Wildman–Crippen MR) is 73.7 cm³/mol. The van der Waals surface area contributed by atoms with Crippen molar-refractivity contribution < 1.29 is 0 Å². The van der Waals surface area contributed by atoms with Crippen molar-refractivity contribution in [2.75, 3.05) is 19.6 Å². The van der Waals surface area contributed by atoms with E-state index in [0.29, 0.717) is 6.04 Å². The van der Waals surface area contributed by atoms with Gasteiger partial charge < -0.3 is 10.6 Å². The Morgan fingerprint density at radius 1 is 0.875 bits per heavy atom. The number of rotatable bonds is 10. The first kappa shape index (κ1) is 15.9. The van der Waals surface area contributed by atoms with Gasteiger partial charge in [-0.25, -0.2) is 0 Å². The molecule has 0 radical (unpaired) electrons. The Hall–Kier alpha value is -0.0800. The SMILES string of the molecule is CC(C)CCN(CCCCCCN)C(C)C. The molecule has 2 heteroatoms. The van der Waals surface area contributed by atoms with E-state index in [1.165, 1.54) is 45.2 Å². The van der Waals surface area contributed by atoms with Gasteiger partial charge in [-0.3, -0.25) is 0 Å². The molecule has 0 saturated heterocycles. The molecule has 2 N–H and O–H groups in total. The van der Waals surface area contributed by atoms with Crippen molar-refractivity contribution in [3.63, 3.8) is 0 Å². The molecule has 0 saturated carbocycles. The van der Waals surface area contributed by atoms with Gasteiger partial charge in [-0.1, -0.05) is 26.7 Å². The van der Waals surface area contributed by atoms with Crippen LogP contribution in [-0.2, 0) is 0 Å². The van der Waals surface area contributed by atoms with E-state index in [4.69, 9.17) is 5.73 Å². The van der Waals surface area contributed by atoms with E-state index in [1.807, 2.05) is 0 Å². The van der Waals surface area contributed by atoms with Crippen molar-refractivity contribution in [3.05, 3.63) is 0 Å². The van der Waals surface area contributed by atoms with Crippen molar-refractivity contribution in [1.82, 2.24) is 4.90 Å². The summed E-state index contributed by atoms with van der Waals surface area (Å²) in [6.45, 7) is 12.6. The van der Waals surface area contributed by atoms with Gasteiger partial charge in [-0.05, 0) is 58.7 Å². The van der Waals surface area contributed by atoms with Gasteiger partial charge >= 0.3 is 0 Å². The van der Waals surface area contributed by atoms with Crippen LogP contribution in [0.4, 0.5) is 0 Å². The topological polar surface area (TPSA) is 29.3 Å². The summed E-state index contributed by atoms with van der Waals surface area (Å²) in [6.07, 6.45) is 6.47. The zero-order valence-corrected chi connectivity index (χ0v) is 11.8. The minimum absolute atomic E-state index is 0.688. The van der Waals surface area contributed by atoms with Crippen molar-refractivity contribution in [2.24, 2.45) is 11.7 Å². The molecule has 0 aliphatic carbocycles. The lowest BCUT2D eigenvalue weighted by molar-refractivity contribution is 0.205. The van der Waals surface area contributed by atoms with Crippen LogP contribution in [0.15, 0.2) is 0 Å². The Bertz CT molecular complexity index is 144. The maximum atomic E-state index is 5.49. The van der Waals surface area contributed by atoms with Gasteiger partial charge in [-0.15, -0.1) is 0 Å². The van der Waals surface area contributed by atoms with Crippen molar-refractivity contribution in [3.8, 4) is 0 Å². The normalized spacial score (nSPS) is 12.0. The summed E-state index contributed by atoms with van der Waals surface area (Å²) in [6, 6.07) is 0.688. The number of unbranched alkanes of at least 4 members (excludes halogenated alkanes) is 3. The number of nitrogens with two attached hydrogens (primary N) is 1. The van der Waals surface area contributed by atoms with Crippen LogP contribution < -0.4 is 5.73 Å². The highest BCUT2D eigenvalue weighted by molar-refractivity contribution is 4.64. The molecule has 0 aliphatic rings. The van der Waals surface area contributed by atoms with Gasteiger partial charge in [0.05, 0.1) is 0 Å². The van der Waals surface area contributed by atoms with Crippen LogP contribution in [0.2, 0.25) is 0 Å². The molecule has 0 spiro atoms. The molecule has 0 heterocycles. The average Bonchev–Trinajstić information content (AvgIpc) is 2.21. The molecular formula is C14H32N2. The molecule has 0 fully saturated rings. The van der Waals surface area contributed by atoms with E-state index in [-0.39, 0.29) is 0 Å². The molecule has 0 bridgehead atoms. The van der Waals surface area contributed by atoms with E-state index in [0.717, 1.165) is 12.5 Å². The molecule has 0 amide bonds. The third kappa shape index (κ3) is 9.17. The van der Waals surface area contributed by atoms with Crippen LogP contribution in [0.25, 0.3) is 0 Å². The molecule has 0 unspecified atom stereocenters. The van der Waals surface area contributed by atoms with Gasteiger partial charge in [0.1, 0.15) is 0 Å². The van der Waals surface area contributed by atoms with Crippen molar-refractivity contribution >= 4 is 0 Å². The third-order valence-corrected chi connectivity index (χ3v) is 3.12. The van der Waals surface area contributed by atoms with E-state index in [1.54, 1.807) is 0 Å². The predicted octanol–water partition coefficient (Wildman–Crippen LogP) is 3.26. The quantitative estimate of drug-likeness (QED) is 0.582. The first-order valence-electron chi connectivity index (χ1n) is 7.02. The molecule has 0 aromatic rings. The number of hydrogen-bond donors (Lipinski definition) is 1. The van der Waals surface area contributed by atoms with E-state index >= 15 is 0 Å². The van der Waals surface area contributed by atoms with Crippen LogP contribution >= 0.6 is 0 Å². The molecule has 0 atom stereocenters. The van der Waals surface area contributed by atoms with Gasteiger partial charge in [0.2, 0.25) is 0 Å². The van der Waals surface area contributed by atoms with Crippen molar-refractivity contribution in [2.45, 2.75) is 65.8 Å². The molecular weight excluding hydrogens is 196 g/mol. The minimum atomic E-state index is 0.688. The van der Waals surface area contributed by atoms with Gasteiger partial charge in [0.15, 0.2) is 0 Å². The first-order valence-corrected chi connectivity index (χ1v) is 7.02. The third-order valence-electron chi connectivity index (χ3n) is 3.12. The largest absolute Gasteiger partial charge is 0.330 e. The van der Waals surface area contributed by atoms with Gasteiger partial charge in [0, 0.05) is 6.04 Å². The van der Waals surface area contributed by atoms with E-state index in [2.05, 4.69) is 32.6 Å². The number of nitrogens with zero attached hydrogens (tertiary/aromatic N) is 1. The van der Waals surface area contributed by atoms with Crippen LogP contribution in [0.5, 0.6) is 0 Å². The highest BCUT2D eigenvalue weighted by Gasteiger charge is 2.09. The van der Waals surface area contributed by atoms with E-state index in [9.17, 15) is 0 Å². The Morgan fingerprint density at radius 3 is 2.00 bits per heavy atom. The molecule has 0 aliphatic heterocycles. The Labute approximate surface area is 103 Å². The van der Waals surface area contributed by atoms with Crippen molar-refractivity contribution in [1.29, 1.82) is 0 Å². The summed E-state index contributed by atoms with van der Waals surface area (Å²) < 4.78 is 0. The Balaban J connectivity index is 3.60. The lowest BCUT2D eigenvalue weighted by Gasteiger charge is -2.27. The fraction of sp³-hybridized carbons (Fsp3) is 1.00. The lowest BCUT2D eigenvalue weighted by Crippen LogP contribution is -2.33. The second-order valence-electron chi connectivity index (χ2n) is 5.52. The van der Waals surface area contributed by atoms with E-state index < -0.39 is 0 Å². The zero-order chi connectivity index (χ0) is 12.4. The van der Waals surface area contributed by atoms with Crippen LogP contribution in [0, 0.1) is 5.92 Å². The lowest BCUT2D eigenvalue weighted by atomic mass is 10.1. The van der Waals surface area contributed by atoms with Crippen LogP contribution in [-0.4, -0.2) is 30.6 Å². The van der Waals surface area contributed by atoms with Gasteiger partial charge in [0.25, 0.3) is 0 Å². The highest BCUT2D eigenvalue weighted by atomic mass is 15.1. The fourth-order valence-electron chi connectivity index (χ4n) is 1.87. The fourth-order valence-corrected chi connectivity index (χ4v) is 1.87. The standard InChI is InChI=1S/C14H32N2/c1-13(2)9-12-16(14(3)4)11-8-6-5-7-10-15/h13-14H,5-12,15H2,1-4H3. The van der Waals surface area contributed by atoms with Crippen LogP contribution in [0.1, 0.15) is 59.8 Å². The van der Waals surface area contributed by atoms with Gasteiger partial charge in [-0.2, -0.15) is 0 Å². The maximum Gasteiger partial charge on any atom is 0.00385 e. The summed E-state index contributed by atoms with van der Waals surface area (Å²) in [5, 5.41) is 0. The summed E-state index contributed by atoms with van der Waals surface area (Å²) >= 11 is 0. The minimum Gasteiger partial charge on any atom is -0.330 e. The summed E-state index contributed by atoms with van der Waals surface area (Å²) in [5.74, 6) is 0.818. The average molecular weight is 228 g/mol. The summed E-state index contributed by atoms with van der Waals surface area (Å²) in [4.78, 5) is 2.61. The molecule has 0 rings (SSSR count). The maximum absolute atomic E-state index is 5.49. The Kier molecular flexibility index (Phi) is 10.0. The highest BCUT2D eigenvalue weighted by Crippen LogP contribution is 2.08.